The van der Waals surface area contributed by atoms with Crippen LogP contribution in [0, 0.1) is 0 Å². The molecule has 0 saturated heterocycles. The summed E-state index contributed by atoms with van der Waals surface area (Å²) in [7, 11) is 1.64. The molecule has 0 radical (unpaired) electrons. The Hall–Kier alpha value is -2.17. The van der Waals surface area contributed by atoms with Crippen molar-refractivity contribution in [3.8, 4) is 17.1 Å². The molecular formula is C16H22N4O. The van der Waals surface area contributed by atoms with E-state index in [1.54, 1.807) is 13.3 Å². The lowest BCUT2D eigenvalue weighted by Crippen LogP contribution is -2.07. The number of methoxy groups -OCH3 is 1. The van der Waals surface area contributed by atoms with Gasteiger partial charge in [-0.1, -0.05) is 20.8 Å². The van der Waals surface area contributed by atoms with Gasteiger partial charge in [-0.15, -0.1) is 0 Å². The van der Waals surface area contributed by atoms with Gasteiger partial charge in [-0.2, -0.15) is 0 Å². The third-order valence-electron chi connectivity index (χ3n) is 3.05. The fourth-order valence-corrected chi connectivity index (χ4v) is 1.94. The van der Waals surface area contributed by atoms with E-state index < -0.39 is 0 Å². The molecule has 5 heteroatoms. The Labute approximate surface area is 125 Å². The van der Waals surface area contributed by atoms with Gasteiger partial charge in [0.1, 0.15) is 23.1 Å². The molecule has 0 aliphatic heterocycles. The highest BCUT2D eigenvalue weighted by Gasteiger charge is 2.13. The van der Waals surface area contributed by atoms with Crippen molar-refractivity contribution in [2.45, 2.75) is 33.1 Å². The van der Waals surface area contributed by atoms with E-state index in [0.29, 0.717) is 5.75 Å². The Kier molecular flexibility index (Phi) is 5.09. The molecule has 0 fully saturated rings. The predicted octanol–water partition coefficient (Wildman–Crippen LogP) is 3.49. The zero-order chi connectivity index (χ0) is 15.2. The molecular weight excluding hydrogens is 264 g/mol. The Morgan fingerprint density at radius 2 is 2.10 bits per heavy atom. The number of nitrogens with one attached hydrogen (secondary N) is 1. The molecule has 112 valence electrons. The summed E-state index contributed by atoms with van der Waals surface area (Å²) in [6.45, 7) is 7.17. The Morgan fingerprint density at radius 3 is 2.76 bits per heavy atom. The molecule has 2 aromatic heterocycles. The fourth-order valence-electron chi connectivity index (χ4n) is 1.94. The van der Waals surface area contributed by atoms with Crippen LogP contribution in [0.5, 0.6) is 5.75 Å². The molecule has 2 rings (SSSR count). The maximum absolute atomic E-state index is 5.38. The van der Waals surface area contributed by atoms with Crippen molar-refractivity contribution in [1.29, 1.82) is 0 Å². The summed E-state index contributed by atoms with van der Waals surface area (Å²) in [5, 5.41) is 3.32. The number of hydrogen-bond donors (Lipinski definition) is 1. The number of anilines is 1. The molecule has 0 unspecified atom stereocenters. The second kappa shape index (κ2) is 7.02. The lowest BCUT2D eigenvalue weighted by molar-refractivity contribution is 0.414. The zero-order valence-electron chi connectivity index (χ0n) is 13.1. The number of pyridine rings is 1. The summed E-state index contributed by atoms with van der Waals surface area (Å²) in [6, 6.07) is 5.66. The summed E-state index contributed by atoms with van der Waals surface area (Å²) in [6.07, 6.45) is 2.79. The summed E-state index contributed by atoms with van der Waals surface area (Å²) in [4.78, 5) is 13.6. The molecule has 0 saturated carbocycles. The van der Waals surface area contributed by atoms with Gasteiger partial charge in [0, 0.05) is 24.7 Å². The van der Waals surface area contributed by atoms with Crippen LogP contribution in [-0.4, -0.2) is 28.6 Å². The van der Waals surface area contributed by atoms with E-state index in [-0.39, 0.29) is 5.92 Å². The van der Waals surface area contributed by atoms with Crippen LogP contribution in [0.15, 0.2) is 24.4 Å². The van der Waals surface area contributed by atoms with Gasteiger partial charge >= 0.3 is 0 Å². The van der Waals surface area contributed by atoms with Crippen molar-refractivity contribution in [3.63, 3.8) is 0 Å². The summed E-state index contributed by atoms with van der Waals surface area (Å²) >= 11 is 0. The summed E-state index contributed by atoms with van der Waals surface area (Å²) < 4.78 is 5.38. The number of hydrogen-bond acceptors (Lipinski definition) is 5. The van der Waals surface area contributed by atoms with Crippen LogP contribution in [0.3, 0.4) is 0 Å². The minimum absolute atomic E-state index is 0.252. The first-order chi connectivity index (χ1) is 10.2. The third-order valence-corrected chi connectivity index (χ3v) is 3.05. The smallest absolute Gasteiger partial charge is 0.146 e. The highest BCUT2D eigenvalue weighted by atomic mass is 16.5. The molecule has 0 spiro atoms. The van der Waals surface area contributed by atoms with Crippen LogP contribution in [0.25, 0.3) is 11.4 Å². The number of aromatic nitrogens is 3. The van der Waals surface area contributed by atoms with E-state index in [1.165, 1.54) is 0 Å². The zero-order valence-corrected chi connectivity index (χ0v) is 13.1. The van der Waals surface area contributed by atoms with E-state index in [9.17, 15) is 0 Å². The Morgan fingerprint density at radius 1 is 1.29 bits per heavy atom. The normalized spacial score (nSPS) is 10.7. The van der Waals surface area contributed by atoms with Gasteiger partial charge in [0.15, 0.2) is 0 Å². The lowest BCUT2D eigenvalue weighted by atomic mass is 10.2. The van der Waals surface area contributed by atoms with Gasteiger partial charge in [-0.3, -0.25) is 4.98 Å². The van der Waals surface area contributed by atoms with Gasteiger partial charge in [-0.05, 0) is 18.6 Å². The van der Waals surface area contributed by atoms with Gasteiger partial charge in [0.25, 0.3) is 0 Å². The maximum Gasteiger partial charge on any atom is 0.146 e. The first kappa shape index (κ1) is 15.2. The molecule has 5 nitrogen and oxygen atoms in total. The third kappa shape index (κ3) is 3.68. The van der Waals surface area contributed by atoms with Crippen molar-refractivity contribution in [2.75, 3.05) is 19.0 Å². The van der Waals surface area contributed by atoms with Crippen molar-refractivity contribution in [3.05, 3.63) is 30.2 Å². The van der Waals surface area contributed by atoms with Crippen LogP contribution in [0.1, 0.15) is 38.9 Å². The highest BCUT2D eigenvalue weighted by Crippen LogP contribution is 2.28. The molecule has 21 heavy (non-hydrogen) atoms. The molecule has 0 aromatic carbocycles. The van der Waals surface area contributed by atoms with E-state index in [0.717, 1.165) is 36.0 Å². The molecule has 0 bridgehead atoms. The average molecular weight is 286 g/mol. The molecule has 0 amide bonds. The topological polar surface area (TPSA) is 59.9 Å². The Bertz CT molecular complexity index is 599. The average Bonchev–Trinajstić information content (AvgIpc) is 2.52. The van der Waals surface area contributed by atoms with Crippen LogP contribution in [0.4, 0.5) is 5.82 Å². The van der Waals surface area contributed by atoms with Crippen LogP contribution >= 0.6 is 0 Å². The number of rotatable bonds is 6. The van der Waals surface area contributed by atoms with Crippen molar-refractivity contribution < 1.29 is 4.74 Å². The highest BCUT2D eigenvalue weighted by molar-refractivity contribution is 5.65. The van der Waals surface area contributed by atoms with Crippen molar-refractivity contribution >= 4 is 5.82 Å². The van der Waals surface area contributed by atoms with Crippen LogP contribution < -0.4 is 10.1 Å². The van der Waals surface area contributed by atoms with E-state index >= 15 is 0 Å². The molecule has 0 atom stereocenters. The van der Waals surface area contributed by atoms with Crippen molar-refractivity contribution in [2.24, 2.45) is 0 Å². The summed E-state index contributed by atoms with van der Waals surface area (Å²) in [5.41, 5.74) is 1.52. The lowest BCUT2D eigenvalue weighted by Gasteiger charge is -2.12. The van der Waals surface area contributed by atoms with Gasteiger partial charge in [0.2, 0.25) is 0 Å². The van der Waals surface area contributed by atoms with E-state index in [4.69, 9.17) is 4.74 Å². The number of ether oxygens (including phenoxy) is 1. The maximum atomic E-state index is 5.38. The molecule has 2 heterocycles. The Balaban J connectivity index is 2.48. The number of nitrogens with zero attached hydrogens (tertiary/aromatic N) is 3. The van der Waals surface area contributed by atoms with Gasteiger partial charge in [-0.25, -0.2) is 9.97 Å². The van der Waals surface area contributed by atoms with Crippen LogP contribution in [0.2, 0.25) is 0 Å². The molecule has 0 aliphatic rings. The largest absolute Gasteiger partial charge is 0.494 e. The monoisotopic (exact) mass is 286 g/mol. The minimum Gasteiger partial charge on any atom is -0.494 e. The predicted molar refractivity (Wildman–Crippen MR) is 84.7 cm³/mol. The second-order valence-electron chi connectivity index (χ2n) is 5.13. The quantitative estimate of drug-likeness (QED) is 0.880. The standard InChI is InChI=1S/C16H22N4O/c1-5-8-17-14-10-12(19-16(20-14)11(2)3)15-13(21-4)7-6-9-18-15/h6-7,9-11H,5,8H2,1-4H3,(H,17,19,20). The van der Waals surface area contributed by atoms with E-state index in [1.807, 2.05) is 18.2 Å². The molecule has 2 aromatic rings. The van der Waals surface area contributed by atoms with Gasteiger partial charge < -0.3 is 10.1 Å². The first-order valence-corrected chi connectivity index (χ1v) is 7.28. The first-order valence-electron chi connectivity index (χ1n) is 7.28. The summed E-state index contributed by atoms with van der Waals surface area (Å²) in [5.74, 6) is 2.60. The van der Waals surface area contributed by atoms with Gasteiger partial charge in [0.05, 0.1) is 12.8 Å². The fraction of sp³-hybridized carbons (Fsp3) is 0.438. The SMILES string of the molecule is CCCNc1cc(-c2ncccc2OC)nc(C(C)C)n1. The van der Waals surface area contributed by atoms with Crippen molar-refractivity contribution in [1.82, 2.24) is 15.0 Å². The molecule has 0 aliphatic carbocycles. The van der Waals surface area contributed by atoms with Crippen LogP contribution in [-0.2, 0) is 0 Å². The minimum atomic E-state index is 0.252. The van der Waals surface area contributed by atoms with E-state index in [2.05, 4.69) is 41.0 Å². The molecule has 1 N–H and O–H groups in total. The second-order valence-corrected chi connectivity index (χ2v) is 5.13.